The molecule has 3 aromatic rings. The lowest BCUT2D eigenvalue weighted by Gasteiger charge is -2.05. The van der Waals surface area contributed by atoms with E-state index in [0.29, 0.717) is 24.3 Å². The highest BCUT2D eigenvalue weighted by molar-refractivity contribution is 5.75. The molecular formula is C18H17N3O2. The average Bonchev–Trinajstić information content (AvgIpc) is 2.97. The monoisotopic (exact) mass is 307 g/mol. The van der Waals surface area contributed by atoms with Gasteiger partial charge < -0.3 is 4.74 Å². The largest absolute Gasteiger partial charge is 0.493 e. The van der Waals surface area contributed by atoms with Crippen molar-refractivity contribution in [2.24, 2.45) is 0 Å². The number of hydrogen-bond acceptors (Lipinski definition) is 4. The van der Waals surface area contributed by atoms with Gasteiger partial charge in [-0.2, -0.15) is 15.0 Å². The molecule has 0 unspecified atom stereocenters. The standard InChI is InChI=1S/C18H17N3O2/c1-14-18(20-21(19-14)16-7-3-2-4-8-16)10-11-23-17-9-5-6-15(12-17)13-22/h2-9,12-13H,10-11H2,1H3. The molecule has 1 aromatic heterocycles. The number of benzene rings is 2. The zero-order valence-corrected chi connectivity index (χ0v) is 12.8. The number of carbonyl (C=O) groups is 1. The van der Waals surface area contributed by atoms with Gasteiger partial charge in [0.25, 0.3) is 0 Å². The summed E-state index contributed by atoms with van der Waals surface area (Å²) in [5.41, 5.74) is 3.33. The van der Waals surface area contributed by atoms with Crippen LogP contribution < -0.4 is 4.74 Å². The fourth-order valence-corrected chi connectivity index (χ4v) is 2.26. The summed E-state index contributed by atoms with van der Waals surface area (Å²) in [5.74, 6) is 0.683. The molecule has 1 heterocycles. The molecule has 0 fully saturated rings. The summed E-state index contributed by atoms with van der Waals surface area (Å²) in [7, 11) is 0. The number of para-hydroxylation sites is 1. The van der Waals surface area contributed by atoms with Gasteiger partial charge in [0.1, 0.15) is 12.0 Å². The number of rotatable bonds is 6. The molecule has 0 aliphatic carbocycles. The molecule has 0 aliphatic rings. The molecular weight excluding hydrogens is 290 g/mol. The van der Waals surface area contributed by atoms with Crippen LogP contribution in [0.25, 0.3) is 5.69 Å². The van der Waals surface area contributed by atoms with E-state index in [9.17, 15) is 4.79 Å². The van der Waals surface area contributed by atoms with Crippen LogP contribution in [0.4, 0.5) is 0 Å². The Morgan fingerprint density at radius 3 is 2.70 bits per heavy atom. The summed E-state index contributed by atoms with van der Waals surface area (Å²) in [4.78, 5) is 12.4. The van der Waals surface area contributed by atoms with Crippen LogP contribution in [0.2, 0.25) is 0 Å². The summed E-state index contributed by atoms with van der Waals surface area (Å²) >= 11 is 0. The Morgan fingerprint density at radius 2 is 1.91 bits per heavy atom. The van der Waals surface area contributed by atoms with Crippen LogP contribution in [-0.2, 0) is 6.42 Å². The van der Waals surface area contributed by atoms with Crippen molar-refractivity contribution in [3.8, 4) is 11.4 Å². The summed E-state index contributed by atoms with van der Waals surface area (Å²) in [6.45, 7) is 2.42. The van der Waals surface area contributed by atoms with Crippen LogP contribution in [-0.4, -0.2) is 27.9 Å². The van der Waals surface area contributed by atoms with Gasteiger partial charge in [0.05, 0.1) is 23.7 Å². The van der Waals surface area contributed by atoms with Crippen LogP contribution in [0.3, 0.4) is 0 Å². The van der Waals surface area contributed by atoms with Crippen LogP contribution in [0, 0.1) is 6.92 Å². The molecule has 0 radical (unpaired) electrons. The highest BCUT2D eigenvalue weighted by Gasteiger charge is 2.08. The van der Waals surface area contributed by atoms with E-state index in [1.54, 1.807) is 23.0 Å². The third kappa shape index (κ3) is 3.63. The van der Waals surface area contributed by atoms with Crippen molar-refractivity contribution in [2.45, 2.75) is 13.3 Å². The predicted octanol–water partition coefficient (Wildman–Crippen LogP) is 3.01. The van der Waals surface area contributed by atoms with Crippen LogP contribution in [0.1, 0.15) is 21.7 Å². The topological polar surface area (TPSA) is 57.0 Å². The second-order valence-corrected chi connectivity index (χ2v) is 5.15. The number of aromatic nitrogens is 3. The van der Waals surface area contributed by atoms with Gasteiger partial charge in [0.15, 0.2) is 0 Å². The molecule has 0 atom stereocenters. The van der Waals surface area contributed by atoms with Gasteiger partial charge in [-0.25, -0.2) is 0 Å². The van der Waals surface area contributed by atoms with Crippen LogP contribution >= 0.6 is 0 Å². The molecule has 0 aliphatic heterocycles. The minimum absolute atomic E-state index is 0.483. The highest BCUT2D eigenvalue weighted by Crippen LogP contribution is 2.13. The lowest BCUT2D eigenvalue weighted by atomic mass is 10.2. The van der Waals surface area contributed by atoms with E-state index in [1.807, 2.05) is 43.3 Å². The van der Waals surface area contributed by atoms with Crippen molar-refractivity contribution in [3.63, 3.8) is 0 Å². The van der Waals surface area contributed by atoms with Gasteiger partial charge >= 0.3 is 0 Å². The van der Waals surface area contributed by atoms with Crippen molar-refractivity contribution in [3.05, 3.63) is 71.5 Å². The third-order valence-corrected chi connectivity index (χ3v) is 3.47. The van der Waals surface area contributed by atoms with Gasteiger partial charge in [-0.15, -0.1) is 0 Å². The maximum absolute atomic E-state index is 10.8. The number of carbonyl (C=O) groups excluding carboxylic acids is 1. The number of aryl methyl sites for hydroxylation is 1. The SMILES string of the molecule is Cc1nn(-c2ccccc2)nc1CCOc1cccc(C=O)c1. The van der Waals surface area contributed by atoms with E-state index in [2.05, 4.69) is 10.2 Å². The quantitative estimate of drug-likeness (QED) is 0.657. The first-order valence-corrected chi connectivity index (χ1v) is 7.42. The Morgan fingerprint density at radius 1 is 1.09 bits per heavy atom. The van der Waals surface area contributed by atoms with Gasteiger partial charge in [0, 0.05) is 12.0 Å². The molecule has 5 nitrogen and oxygen atoms in total. The van der Waals surface area contributed by atoms with Crippen molar-refractivity contribution in [1.82, 2.24) is 15.0 Å². The predicted molar refractivity (Wildman–Crippen MR) is 87.1 cm³/mol. The van der Waals surface area contributed by atoms with E-state index in [0.717, 1.165) is 23.4 Å². The van der Waals surface area contributed by atoms with E-state index in [1.165, 1.54) is 0 Å². The molecule has 0 amide bonds. The van der Waals surface area contributed by atoms with Crippen molar-refractivity contribution < 1.29 is 9.53 Å². The average molecular weight is 307 g/mol. The molecule has 0 bridgehead atoms. The molecule has 116 valence electrons. The number of aldehydes is 1. The van der Waals surface area contributed by atoms with Crippen molar-refractivity contribution >= 4 is 6.29 Å². The van der Waals surface area contributed by atoms with E-state index < -0.39 is 0 Å². The zero-order valence-electron chi connectivity index (χ0n) is 12.8. The Balaban J connectivity index is 1.64. The van der Waals surface area contributed by atoms with E-state index >= 15 is 0 Å². The maximum Gasteiger partial charge on any atom is 0.150 e. The fraction of sp³-hybridized carbons (Fsp3) is 0.167. The van der Waals surface area contributed by atoms with Gasteiger partial charge in [-0.3, -0.25) is 4.79 Å². The lowest BCUT2D eigenvalue weighted by Crippen LogP contribution is -2.04. The lowest BCUT2D eigenvalue weighted by molar-refractivity contribution is 0.112. The van der Waals surface area contributed by atoms with E-state index in [4.69, 9.17) is 4.74 Å². The fourth-order valence-electron chi connectivity index (χ4n) is 2.26. The maximum atomic E-state index is 10.8. The first kappa shape index (κ1) is 15.0. The Kier molecular flexibility index (Phi) is 4.47. The third-order valence-electron chi connectivity index (χ3n) is 3.47. The Hall–Kier alpha value is -2.95. The smallest absolute Gasteiger partial charge is 0.150 e. The van der Waals surface area contributed by atoms with Crippen LogP contribution in [0.5, 0.6) is 5.75 Å². The molecule has 0 saturated carbocycles. The molecule has 2 aromatic carbocycles. The van der Waals surface area contributed by atoms with Gasteiger partial charge in [-0.05, 0) is 31.2 Å². The molecule has 3 rings (SSSR count). The molecule has 0 spiro atoms. The molecule has 0 N–H and O–H groups in total. The first-order valence-electron chi connectivity index (χ1n) is 7.42. The molecule has 23 heavy (non-hydrogen) atoms. The minimum Gasteiger partial charge on any atom is -0.493 e. The highest BCUT2D eigenvalue weighted by atomic mass is 16.5. The molecule has 5 heteroatoms. The Labute approximate surface area is 134 Å². The minimum atomic E-state index is 0.483. The number of ether oxygens (including phenoxy) is 1. The second-order valence-electron chi connectivity index (χ2n) is 5.15. The van der Waals surface area contributed by atoms with Crippen LogP contribution in [0.15, 0.2) is 54.6 Å². The summed E-state index contributed by atoms with van der Waals surface area (Å²) in [6, 6.07) is 16.9. The second kappa shape index (κ2) is 6.87. The van der Waals surface area contributed by atoms with Crippen molar-refractivity contribution in [2.75, 3.05) is 6.61 Å². The van der Waals surface area contributed by atoms with Gasteiger partial charge in [0.2, 0.25) is 0 Å². The molecule has 0 saturated heterocycles. The number of hydrogen-bond donors (Lipinski definition) is 0. The zero-order chi connectivity index (χ0) is 16.1. The summed E-state index contributed by atoms with van der Waals surface area (Å²) in [6.07, 6.45) is 1.46. The summed E-state index contributed by atoms with van der Waals surface area (Å²) < 4.78 is 5.69. The normalized spacial score (nSPS) is 10.5. The van der Waals surface area contributed by atoms with Crippen molar-refractivity contribution in [1.29, 1.82) is 0 Å². The summed E-state index contributed by atoms with van der Waals surface area (Å²) in [5, 5.41) is 8.95. The Bertz CT molecular complexity index is 797. The van der Waals surface area contributed by atoms with E-state index in [-0.39, 0.29) is 0 Å². The number of nitrogens with zero attached hydrogens (tertiary/aromatic N) is 3. The first-order chi connectivity index (χ1) is 11.3. The van der Waals surface area contributed by atoms with Gasteiger partial charge in [-0.1, -0.05) is 30.3 Å².